The van der Waals surface area contributed by atoms with Crippen LogP contribution >= 0.6 is 53.9 Å². The van der Waals surface area contributed by atoms with E-state index in [4.69, 9.17) is 54.4 Å². The summed E-state index contributed by atoms with van der Waals surface area (Å²) in [6, 6.07) is 4.80. The van der Waals surface area contributed by atoms with Crippen molar-refractivity contribution in [1.29, 1.82) is 0 Å². The molecule has 6 rings (SSSR count). The van der Waals surface area contributed by atoms with Crippen LogP contribution in [-0.4, -0.2) is 77.8 Å². The summed E-state index contributed by atoms with van der Waals surface area (Å²) in [6.45, 7) is 2.48. The minimum absolute atomic E-state index is 0.0233. The quantitative estimate of drug-likeness (QED) is 0.0729. The van der Waals surface area contributed by atoms with Crippen molar-refractivity contribution in [3.63, 3.8) is 0 Å². The zero-order valence-electron chi connectivity index (χ0n) is 30.5. The Balaban J connectivity index is 0.000000209. The Morgan fingerprint density at radius 1 is 0.983 bits per heavy atom. The molecule has 1 atom stereocenters. The number of benzene rings is 2. The van der Waals surface area contributed by atoms with E-state index in [9.17, 15) is 37.3 Å². The molecule has 16 nitrogen and oxygen atoms in total. The summed E-state index contributed by atoms with van der Waals surface area (Å²) in [5, 5.41) is 19.0. The van der Waals surface area contributed by atoms with Gasteiger partial charge in [-0.3, -0.25) is 38.5 Å². The summed E-state index contributed by atoms with van der Waals surface area (Å²) >= 11 is 13.9. The number of carbonyl (C=O) groups is 4. The summed E-state index contributed by atoms with van der Waals surface area (Å²) in [4.78, 5) is 79.8. The van der Waals surface area contributed by atoms with Gasteiger partial charge in [-0.05, 0) is 75.0 Å². The monoisotopic (exact) mass is 905 g/mol. The number of aliphatic carboxylic acids is 2. The number of hydrogen-bond acceptors (Lipinski definition) is 11. The van der Waals surface area contributed by atoms with Crippen molar-refractivity contribution in [3.05, 3.63) is 71.6 Å². The van der Waals surface area contributed by atoms with E-state index in [1.165, 1.54) is 12.1 Å². The number of nitrogens with one attached hydrogen (secondary N) is 1. The molecule has 312 valence electrons. The maximum Gasteiger partial charge on any atom is 0.339 e. The summed E-state index contributed by atoms with van der Waals surface area (Å²) in [6.07, 6.45) is 8.74. The zero-order valence-corrected chi connectivity index (χ0v) is 34.5. The first-order valence-electron chi connectivity index (χ1n) is 17.2. The Morgan fingerprint density at radius 2 is 1.59 bits per heavy atom. The average molecular weight is 907 g/mol. The van der Waals surface area contributed by atoms with Gasteiger partial charge in [-0.2, -0.15) is 0 Å². The number of carboxylic acid groups (broad SMARTS) is 2. The fourth-order valence-electron chi connectivity index (χ4n) is 5.65. The molecule has 0 spiro atoms. The van der Waals surface area contributed by atoms with Gasteiger partial charge < -0.3 is 24.7 Å². The van der Waals surface area contributed by atoms with Crippen LogP contribution in [0.25, 0.3) is 0 Å². The highest BCUT2D eigenvalue weighted by molar-refractivity contribution is 8.00. The van der Waals surface area contributed by atoms with Gasteiger partial charge in [0.1, 0.15) is 23.1 Å². The Bertz CT molecular complexity index is 2330. The van der Waals surface area contributed by atoms with Crippen LogP contribution in [0.4, 0.5) is 20.2 Å². The van der Waals surface area contributed by atoms with E-state index in [2.05, 4.69) is 16.2 Å². The van der Waals surface area contributed by atoms with Gasteiger partial charge in [-0.1, -0.05) is 29.1 Å². The summed E-state index contributed by atoms with van der Waals surface area (Å²) in [7, 11) is -4.10. The number of hydrogen-bond donors (Lipinski definition) is 5. The number of ether oxygens (including phenoxy) is 1. The van der Waals surface area contributed by atoms with E-state index in [1.807, 2.05) is 0 Å². The van der Waals surface area contributed by atoms with Crippen molar-refractivity contribution in [2.45, 2.75) is 69.5 Å². The van der Waals surface area contributed by atoms with Gasteiger partial charge in [0, 0.05) is 35.2 Å². The largest absolute Gasteiger partial charge is 0.481 e. The first-order valence-corrected chi connectivity index (χ1v) is 21.6. The maximum atomic E-state index is 14.4. The molecular formula is C35H36Cl2F2N5O11PS2. The molecule has 3 aliphatic rings. The van der Waals surface area contributed by atoms with E-state index in [-0.39, 0.29) is 37.8 Å². The average Bonchev–Trinajstić information content (AvgIpc) is 3.61. The number of imide groups is 1. The second-order valence-corrected chi connectivity index (χ2v) is 16.9. The number of halogens is 4. The number of rotatable bonds is 11. The topological polar surface area (TPSA) is 230 Å². The third-order valence-corrected chi connectivity index (χ3v) is 11.5. The van der Waals surface area contributed by atoms with Crippen molar-refractivity contribution in [1.82, 2.24) is 14.7 Å². The lowest BCUT2D eigenvalue weighted by Gasteiger charge is -2.19. The fraction of sp³-hybridized carbons (Fsp3) is 0.371. The van der Waals surface area contributed by atoms with Crippen molar-refractivity contribution in [2.75, 3.05) is 23.5 Å². The van der Waals surface area contributed by atoms with Gasteiger partial charge >= 0.3 is 24.4 Å². The molecule has 1 aliphatic carbocycles. The normalized spacial score (nSPS) is 15.7. The van der Waals surface area contributed by atoms with Gasteiger partial charge in [0.05, 0.1) is 34.3 Å². The Morgan fingerprint density at radius 3 is 2.16 bits per heavy atom. The third-order valence-electron chi connectivity index (χ3n) is 8.23. The SMILES string of the molecule is C#CC(C)Oc1cc(N2C(=O)C3=C(CCCC3)C2=O)c(F)cc1Cl.O=C(O)CNCP(=O)(O)O.O=C(O)CSc1cc(N=c2sc(=O)n3n2CCCC3)c(F)cc1Cl. The first-order chi connectivity index (χ1) is 27.3. The van der Waals surface area contributed by atoms with Crippen LogP contribution in [0.3, 0.4) is 0 Å². The number of thioether (sulfide) groups is 1. The Kier molecular flexibility index (Phi) is 16.5. The zero-order chi connectivity index (χ0) is 42.9. The van der Waals surface area contributed by atoms with Gasteiger partial charge in [0.25, 0.3) is 11.8 Å². The molecule has 1 unspecified atom stereocenters. The molecule has 3 heterocycles. The van der Waals surface area contributed by atoms with Crippen LogP contribution in [0.5, 0.6) is 5.75 Å². The van der Waals surface area contributed by atoms with Crippen LogP contribution < -0.4 is 24.6 Å². The smallest absolute Gasteiger partial charge is 0.339 e. The standard InChI is InChI=1S/C18H15ClFNO3.C14H13ClFN3O3S2.C3H8NO5P/c1-3-10(2)24-16-9-15(14(20)8-13(16)19)21-17(22)11-6-4-5-7-12(11)18(21)23;15-8-5-9(16)10(6-11(8)23-7-12(20)21)17-13-18-3-1-2-4-19(18)14(22)24-13;5-3(6)1-4-2-10(7,8)9/h1,8-10H,4-7H2,2H3;5-6H,1-4,7H2,(H,20,21);4H,1-2H2,(H,5,6)(H2,7,8,9). The molecule has 0 bridgehead atoms. The molecule has 5 N–H and O–H groups in total. The summed E-state index contributed by atoms with van der Waals surface area (Å²) in [5.41, 5.74) is 0.846. The highest BCUT2D eigenvalue weighted by Crippen LogP contribution is 2.40. The molecular weight excluding hydrogens is 870 g/mol. The second-order valence-electron chi connectivity index (χ2n) is 12.5. The molecule has 58 heavy (non-hydrogen) atoms. The van der Waals surface area contributed by atoms with Gasteiger partial charge in [0.2, 0.25) is 4.80 Å². The van der Waals surface area contributed by atoms with Gasteiger partial charge in [-0.15, -0.1) is 18.2 Å². The van der Waals surface area contributed by atoms with Crippen LogP contribution in [0.1, 0.15) is 45.4 Å². The molecule has 3 aromatic rings. The van der Waals surface area contributed by atoms with E-state index in [0.29, 0.717) is 46.8 Å². The maximum absolute atomic E-state index is 14.4. The summed E-state index contributed by atoms with van der Waals surface area (Å²) < 4.78 is 47.4. The lowest BCUT2D eigenvalue weighted by molar-refractivity contribution is -0.136. The van der Waals surface area contributed by atoms with Crippen LogP contribution in [-0.2, 0) is 36.8 Å². The number of carbonyl (C=O) groups excluding carboxylic acids is 2. The van der Waals surface area contributed by atoms with Crippen LogP contribution in [0, 0.1) is 24.0 Å². The molecule has 0 fully saturated rings. The number of carboxylic acids is 2. The van der Waals surface area contributed by atoms with Crippen LogP contribution in [0.2, 0.25) is 10.0 Å². The van der Waals surface area contributed by atoms with E-state index < -0.39 is 61.9 Å². The van der Waals surface area contributed by atoms with Crippen molar-refractivity contribution < 1.29 is 57.3 Å². The van der Waals surface area contributed by atoms with Crippen LogP contribution in [0.15, 0.2) is 50.1 Å². The fourth-order valence-corrected chi connectivity index (χ4v) is 8.12. The highest BCUT2D eigenvalue weighted by Gasteiger charge is 2.41. The molecule has 0 saturated carbocycles. The Labute approximate surface area is 347 Å². The molecule has 2 aliphatic heterocycles. The third kappa shape index (κ3) is 12.3. The van der Waals surface area contributed by atoms with Crippen molar-refractivity contribution in [3.8, 4) is 18.1 Å². The predicted octanol–water partition coefficient (Wildman–Crippen LogP) is 5.13. The van der Waals surface area contributed by atoms with E-state index in [1.54, 1.807) is 16.3 Å². The number of amides is 2. The minimum atomic E-state index is -4.10. The van der Waals surface area contributed by atoms with Gasteiger partial charge in [-0.25, -0.2) is 23.4 Å². The summed E-state index contributed by atoms with van der Waals surface area (Å²) in [5.74, 6) is -2.13. The van der Waals surface area contributed by atoms with Crippen molar-refractivity contribution in [2.24, 2.45) is 4.99 Å². The van der Waals surface area contributed by atoms with Crippen molar-refractivity contribution >= 4 is 89.0 Å². The molecule has 23 heteroatoms. The predicted molar refractivity (Wildman–Crippen MR) is 212 cm³/mol. The Hall–Kier alpha value is -4.32. The van der Waals surface area contributed by atoms with Gasteiger partial charge in [0.15, 0.2) is 6.10 Å². The van der Waals surface area contributed by atoms with E-state index >= 15 is 0 Å². The molecule has 2 aromatic carbocycles. The molecule has 2 amide bonds. The highest BCUT2D eigenvalue weighted by atomic mass is 35.5. The molecule has 0 saturated heterocycles. The lowest BCUT2D eigenvalue weighted by Crippen LogP contribution is -2.32. The first kappa shape index (κ1) is 46.4. The number of anilines is 1. The molecule has 0 radical (unpaired) electrons. The number of terminal acetylenes is 1. The molecule has 1 aromatic heterocycles. The minimum Gasteiger partial charge on any atom is -0.481 e. The number of fused-ring (bicyclic) bond motifs is 1. The second kappa shape index (κ2) is 20.6. The lowest BCUT2D eigenvalue weighted by atomic mass is 9.93. The number of nitrogens with zero attached hydrogens (tertiary/aromatic N) is 4. The van der Waals surface area contributed by atoms with E-state index in [0.717, 1.165) is 65.8 Å². The number of aromatic nitrogens is 2.